The molecule has 6 heteroatoms. The molecule has 0 saturated carbocycles. The molecule has 0 radical (unpaired) electrons. The molecule has 1 atom stereocenters. The Hall–Kier alpha value is -3.67. The Morgan fingerprint density at radius 2 is 1.69 bits per heavy atom. The maximum atomic E-state index is 13.5. The second kappa shape index (κ2) is 11.8. The highest BCUT2D eigenvalue weighted by Crippen LogP contribution is 2.37. The van der Waals surface area contributed by atoms with Crippen molar-refractivity contribution in [2.45, 2.75) is 58.5 Å². The number of rotatable bonds is 12. The number of unbranched alkanes of at least 4 members (excludes halogenated alkanes) is 1. The molecular weight excluding hydrogens is 450 g/mol. The van der Waals surface area contributed by atoms with Gasteiger partial charge in [-0.25, -0.2) is 0 Å². The highest BCUT2D eigenvalue weighted by atomic mass is 16.2. The molecule has 3 amide bonds. The quantitative estimate of drug-likeness (QED) is 0.354. The van der Waals surface area contributed by atoms with Crippen LogP contribution < -0.4 is 10.2 Å². The maximum Gasteiger partial charge on any atom is 0.258 e. The van der Waals surface area contributed by atoms with Crippen LogP contribution in [-0.4, -0.2) is 41.8 Å². The molecule has 0 fully saturated rings. The predicted octanol–water partition coefficient (Wildman–Crippen LogP) is 5.30. The summed E-state index contributed by atoms with van der Waals surface area (Å²) in [5, 5.41) is 5.03. The molecule has 6 nitrogen and oxygen atoms in total. The Labute approximate surface area is 213 Å². The smallest absolute Gasteiger partial charge is 0.258 e. The molecule has 1 aliphatic rings. The molecule has 0 aliphatic carbocycles. The lowest BCUT2D eigenvalue weighted by molar-refractivity contribution is -0.141. The number of hydrogen-bond acceptors (Lipinski definition) is 3. The summed E-state index contributed by atoms with van der Waals surface area (Å²) in [5.41, 5.74) is 2.61. The van der Waals surface area contributed by atoms with Gasteiger partial charge >= 0.3 is 0 Å². The molecule has 0 spiro atoms. The second-order valence-corrected chi connectivity index (χ2v) is 9.32. The molecule has 188 valence electrons. The van der Waals surface area contributed by atoms with Crippen molar-refractivity contribution in [3.05, 3.63) is 77.9 Å². The lowest BCUT2D eigenvalue weighted by Crippen LogP contribution is -2.49. The maximum absolute atomic E-state index is 13.5. The first-order chi connectivity index (χ1) is 17.5. The molecule has 0 saturated heterocycles. The average molecular weight is 486 g/mol. The van der Waals surface area contributed by atoms with Gasteiger partial charge in [-0.2, -0.15) is 0 Å². The number of anilines is 1. The first-order valence-electron chi connectivity index (χ1n) is 13.0. The fraction of sp³-hybridized carbons (Fsp3) is 0.367. The number of carbonyl (C=O) groups excluding carboxylic acids is 3. The van der Waals surface area contributed by atoms with Crippen molar-refractivity contribution >= 4 is 34.2 Å². The zero-order valence-corrected chi connectivity index (χ0v) is 21.2. The third-order valence-corrected chi connectivity index (χ3v) is 6.83. The van der Waals surface area contributed by atoms with E-state index in [1.165, 1.54) is 0 Å². The number of amides is 3. The summed E-state index contributed by atoms with van der Waals surface area (Å²) in [6, 6.07) is 21.0. The second-order valence-electron chi connectivity index (χ2n) is 9.32. The van der Waals surface area contributed by atoms with Crippen LogP contribution in [-0.2, 0) is 16.1 Å². The van der Waals surface area contributed by atoms with Crippen molar-refractivity contribution in [2.24, 2.45) is 0 Å². The number of hydrogen-bond donors (Lipinski definition) is 1. The van der Waals surface area contributed by atoms with E-state index >= 15 is 0 Å². The van der Waals surface area contributed by atoms with E-state index in [9.17, 15) is 14.4 Å². The molecule has 0 unspecified atom stereocenters. The van der Waals surface area contributed by atoms with Crippen molar-refractivity contribution in [3.63, 3.8) is 0 Å². The van der Waals surface area contributed by atoms with Crippen LogP contribution in [0.5, 0.6) is 0 Å². The minimum absolute atomic E-state index is 0.0165. The van der Waals surface area contributed by atoms with Crippen LogP contribution >= 0.6 is 0 Å². The Balaban J connectivity index is 1.45. The van der Waals surface area contributed by atoms with Crippen LogP contribution in [0.2, 0.25) is 0 Å². The van der Waals surface area contributed by atoms with Crippen molar-refractivity contribution < 1.29 is 14.4 Å². The van der Waals surface area contributed by atoms with Gasteiger partial charge in [0.2, 0.25) is 11.8 Å². The molecule has 4 rings (SSSR count). The van der Waals surface area contributed by atoms with E-state index < -0.39 is 6.04 Å². The van der Waals surface area contributed by atoms with Gasteiger partial charge in [-0.3, -0.25) is 14.4 Å². The average Bonchev–Trinajstić information content (AvgIpc) is 3.17. The topological polar surface area (TPSA) is 69.7 Å². The third-order valence-electron chi connectivity index (χ3n) is 6.83. The van der Waals surface area contributed by atoms with E-state index in [2.05, 4.69) is 12.2 Å². The number of nitrogens with zero attached hydrogens (tertiary/aromatic N) is 2. The number of nitrogens with one attached hydrogen (secondary N) is 1. The summed E-state index contributed by atoms with van der Waals surface area (Å²) < 4.78 is 0. The van der Waals surface area contributed by atoms with E-state index in [1.54, 1.807) is 9.80 Å². The summed E-state index contributed by atoms with van der Waals surface area (Å²) in [6.45, 7) is 5.47. The van der Waals surface area contributed by atoms with Gasteiger partial charge in [0.25, 0.3) is 5.91 Å². The van der Waals surface area contributed by atoms with E-state index in [1.807, 2.05) is 73.7 Å². The summed E-state index contributed by atoms with van der Waals surface area (Å²) in [4.78, 5) is 43.0. The Kier molecular flexibility index (Phi) is 8.36. The van der Waals surface area contributed by atoms with Crippen molar-refractivity contribution in [2.75, 3.05) is 18.0 Å². The van der Waals surface area contributed by atoms with Crippen LogP contribution in [0.1, 0.15) is 61.9 Å². The van der Waals surface area contributed by atoms with E-state index in [-0.39, 0.29) is 24.1 Å². The van der Waals surface area contributed by atoms with Crippen LogP contribution in [0, 0.1) is 0 Å². The zero-order chi connectivity index (χ0) is 25.5. The predicted molar refractivity (Wildman–Crippen MR) is 144 cm³/mol. The lowest BCUT2D eigenvalue weighted by Gasteiger charge is -2.31. The van der Waals surface area contributed by atoms with Crippen LogP contribution in [0.3, 0.4) is 0 Å². The molecule has 0 aromatic heterocycles. The molecule has 36 heavy (non-hydrogen) atoms. The van der Waals surface area contributed by atoms with E-state index in [4.69, 9.17) is 0 Å². The molecule has 3 aromatic rings. The normalized spacial score (nSPS) is 13.2. The highest BCUT2D eigenvalue weighted by Gasteiger charge is 2.31. The monoisotopic (exact) mass is 485 g/mol. The van der Waals surface area contributed by atoms with Crippen molar-refractivity contribution in [3.8, 4) is 0 Å². The van der Waals surface area contributed by atoms with Crippen molar-refractivity contribution in [1.29, 1.82) is 0 Å². The molecular formula is C30H35N3O3. The lowest BCUT2D eigenvalue weighted by atomic mass is 10.1. The Morgan fingerprint density at radius 3 is 2.42 bits per heavy atom. The summed E-state index contributed by atoms with van der Waals surface area (Å²) in [5.74, 6) is -0.192. The van der Waals surface area contributed by atoms with Gasteiger partial charge in [0, 0.05) is 37.0 Å². The van der Waals surface area contributed by atoms with E-state index in [0.29, 0.717) is 32.5 Å². The minimum atomic E-state index is -0.527. The largest absolute Gasteiger partial charge is 0.354 e. The molecule has 1 aliphatic heterocycles. The van der Waals surface area contributed by atoms with E-state index in [0.717, 1.165) is 40.4 Å². The van der Waals surface area contributed by atoms with Gasteiger partial charge < -0.3 is 15.1 Å². The van der Waals surface area contributed by atoms with Crippen LogP contribution in [0.15, 0.2) is 66.7 Å². The standard InChI is InChI=1S/C30H35N3O3/c1-3-5-19-31-29(35)25(4-2)33(21-22-12-7-6-8-13-22)27(34)18-11-20-32-26-17-10-15-23-14-9-16-24(28(23)26)30(32)36/h6-10,12-17,25H,3-5,11,18-21H2,1-2H3,(H,31,35)/t25-/m1/s1. The van der Waals surface area contributed by atoms with Crippen LogP contribution in [0.4, 0.5) is 5.69 Å². The highest BCUT2D eigenvalue weighted by molar-refractivity contribution is 6.25. The minimum Gasteiger partial charge on any atom is -0.354 e. The summed E-state index contributed by atoms with van der Waals surface area (Å²) >= 11 is 0. The first-order valence-corrected chi connectivity index (χ1v) is 13.0. The number of carbonyl (C=O) groups is 3. The van der Waals surface area contributed by atoms with Crippen molar-refractivity contribution in [1.82, 2.24) is 10.2 Å². The summed E-state index contributed by atoms with van der Waals surface area (Å²) in [7, 11) is 0. The fourth-order valence-corrected chi connectivity index (χ4v) is 4.94. The molecule has 1 N–H and O–H groups in total. The Morgan fingerprint density at radius 1 is 0.944 bits per heavy atom. The van der Waals surface area contributed by atoms with Gasteiger partial charge in [-0.15, -0.1) is 0 Å². The third kappa shape index (κ3) is 5.43. The number of benzene rings is 3. The van der Waals surface area contributed by atoms with Crippen LogP contribution in [0.25, 0.3) is 10.8 Å². The molecule has 1 heterocycles. The molecule has 0 bridgehead atoms. The first kappa shape index (κ1) is 25.4. The molecule has 3 aromatic carbocycles. The van der Waals surface area contributed by atoms with Gasteiger partial charge in [0.05, 0.1) is 5.69 Å². The van der Waals surface area contributed by atoms with Gasteiger partial charge in [-0.05, 0) is 42.3 Å². The zero-order valence-electron chi connectivity index (χ0n) is 21.2. The van der Waals surface area contributed by atoms with Gasteiger partial charge in [0.15, 0.2) is 0 Å². The SMILES string of the molecule is CCCCNC(=O)[C@@H](CC)N(Cc1ccccc1)C(=O)CCCN1C(=O)c2cccc3cccc1c23. The Bertz CT molecular complexity index is 1220. The summed E-state index contributed by atoms with van der Waals surface area (Å²) in [6.07, 6.45) is 3.23. The van der Waals surface area contributed by atoms with Gasteiger partial charge in [-0.1, -0.05) is 74.9 Å². The fourth-order valence-electron chi connectivity index (χ4n) is 4.94. The van der Waals surface area contributed by atoms with Gasteiger partial charge in [0.1, 0.15) is 6.04 Å².